The number of nitrogens with one attached hydrogen (secondary N) is 1. The second kappa shape index (κ2) is 7.37. The largest absolute Gasteiger partial charge is 0.340 e. The summed E-state index contributed by atoms with van der Waals surface area (Å²) in [5.41, 5.74) is 2.21. The monoisotopic (exact) mass is 355 g/mol. The molecule has 1 amide bonds. The summed E-state index contributed by atoms with van der Waals surface area (Å²) in [7, 11) is 2.08. The van der Waals surface area contributed by atoms with Crippen molar-refractivity contribution < 1.29 is 4.79 Å². The number of hydrogen-bond donors (Lipinski definition) is 1. The Balaban J connectivity index is 1.43. The fraction of sp³-hybridized carbons (Fsp3) is 0.600. The Morgan fingerprint density at radius 1 is 1.27 bits per heavy atom. The van der Waals surface area contributed by atoms with Gasteiger partial charge < -0.3 is 14.8 Å². The number of carbonyl (C=O) groups excluding carboxylic acids is 1. The van der Waals surface area contributed by atoms with Crippen LogP contribution in [0.25, 0.3) is 11.0 Å². The van der Waals surface area contributed by atoms with Gasteiger partial charge in [-0.15, -0.1) is 0 Å². The minimum absolute atomic E-state index is 0.128. The van der Waals surface area contributed by atoms with Crippen LogP contribution >= 0.6 is 0 Å². The number of carbonyl (C=O) groups is 1. The fourth-order valence-corrected chi connectivity index (χ4v) is 4.33. The number of piperazine rings is 1. The molecular formula is C20H29N5O. The molecule has 0 unspecified atom stereocenters. The van der Waals surface area contributed by atoms with Crippen LogP contribution in [0, 0.1) is 5.92 Å². The predicted octanol–water partition coefficient (Wildman–Crippen LogP) is 1.61. The van der Waals surface area contributed by atoms with Crippen LogP contribution in [0.4, 0.5) is 0 Å². The maximum atomic E-state index is 13.0. The first kappa shape index (κ1) is 17.5. The molecule has 2 fully saturated rings. The lowest BCUT2D eigenvalue weighted by Crippen LogP contribution is -2.54. The van der Waals surface area contributed by atoms with Crippen LogP contribution in [0.2, 0.25) is 0 Å². The average Bonchev–Trinajstić information content (AvgIpc) is 2.97. The maximum Gasteiger partial charge on any atom is 0.227 e. The number of aryl methyl sites for hydroxylation is 1. The summed E-state index contributed by atoms with van der Waals surface area (Å²) in [4.78, 5) is 22.2. The van der Waals surface area contributed by atoms with Gasteiger partial charge in [-0.25, -0.2) is 4.98 Å². The van der Waals surface area contributed by atoms with Gasteiger partial charge in [-0.1, -0.05) is 12.1 Å². The molecule has 26 heavy (non-hydrogen) atoms. The summed E-state index contributed by atoms with van der Waals surface area (Å²) >= 11 is 0. The normalized spacial score (nSPS) is 24.9. The Kier molecular flexibility index (Phi) is 4.96. The van der Waals surface area contributed by atoms with Crippen LogP contribution in [-0.4, -0.2) is 64.0 Å². The van der Waals surface area contributed by atoms with Gasteiger partial charge in [-0.3, -0.25) is 9.69 Å². The highest BCUT2D eigenvalue weighted by Gasteiger charge is 2.31. The smallest absolute Gasteiger partial charge is 0.227 e. The molecule has 2 atom stereocenters. The van der Waals surface area contributed by atoms with Crippen molar-refractivity contribution in [2.24, 2.45) is 13.0 Å². The molecule has 0 spiro atoms. The average molecular weight is 355 g/mol. The zero-order valence-corrected chi connectivity index (χ0v) is 15.8. The molecule has 1 aromatic heterocycles. The quantitative estimate of drug-likeness (QED) is 0.909. The maximum absolute atomic E-state index is 13.0. The van der Waals surface area contributed by atoms with Gasteiger partial charge in [0.2, 0.25) is 5.91 Å². The summed E-state index contributed by atoms with van der Waals surface area (Å²) in [5, 5.41) is 3.41. The number of amides is 1. The van der Waals surface area contributed by atoms with E-state index in [-0.39, 0.29) is 5.92 Å². The molecule has 6 heteroatoms. The summed E-state index contributed by atoms with van der Waals surface area (Å²) in [6.45, 7) is 7.43. The zero-order chi connectivity index (χ0) is 18.1. The van der Waals surface area contributed by atoms with Gasteiger partial charge >= 0.3 is 0 Å². The summed E-state index contributed by atoms with van der Waals surface area (Å²) in [5.74, 6) is 1.55. The molecule has 6 nitrogen and oxygen atoms in total. The van der Waals surface area contributed by atoms with Gasteiger partial charge in [0, 0.05) is 39.3 Å². The molecular weight excluding hydrogens is 326 g/mol. The fourth-order valence-electron chi connectivity index (χ4n) is 4.33. The van der Waals surface area contributed by atoms with Crippen molar-refractivity contribution in [3.8, 4) is 0 Å². The van der Waals surface area contributed by atoms with E-state index >= 15 is 0 Å². The minimum atomic E-state index is 0.128. The number of hydrogen-bond acceptors (Lipinski definition) is 4. The Hall–Kier alpha value is -1.92. The Morgan fingerprint density at radius 3 is 2.92 bits per heavy atom. The van der Waals surface area contributed by atoms with Crippen molar-refractivity contribution in [2.75, 3.05) is 32.7 Å². The Bertz CT molecular complexity index is 786. The molecule has 4 rings (SSSR count). The van der Waals surface area contributed by atoms with Gasteiger partial charge in [0.25, 0.3) is 0 Å². The number of aromatic nitrogens is 2. The molecule has 2 aliphatic heterocycles. The van der Waals surface area contributed by atoms with E-state index < -0.39 is 0 Å². The number of para-hydroxylation sites is 2. The van der Waals surface area contributed by atoms with Gasteiger partial charge in [0.15, 0.2) is 0 Å². The molecule has 2 saturated heterocycles. The van der Waals surface area contributed by atoms with E-state index in [9.17, 15) is 4.79 Å². The summed E-state index contributed by atoms with van der Waals surface area (Å²) in [6, 6.07) is 8.65. The molecule has 0 bridgehead atoms. The Morgan fingerprint density at radius 2 is 2.12 bits per heavy atom. The molecule has 3 heterocycles. The number of benzene rings is 1. The van der Waals surface area contributed by atoms with Gasteiger partial charge in [0.1, 0.15) is 5.82 Å². The summed E-state index contributed by atoms with van der Waals surface area (Å²) < 4.78 is 2.18. The lowest BCUT2D eigenvalue weighted by atomic mass is 9.96. The third-order valence-electron chi connectivity index (χ3n) is 5.78. The molecule has 2 aromatic rings. The lowest BCUT2D eigenvalue weighted by Gasteiger charge is -2.37. The van der Waals surface area contributed by atoms with Crippen LogP contribution in [0.15, 0.2) is 24.3 Å². The number of fused-ring (bicyclic) bond motifs is 1. The van der Waals surface area contributed by atoms with Crippen molar-refractivity contribution in [2.45, 2.75) is 32.4 Å². The number of rotatable bonds is 3. The predicted molar refractivity (Wildman–Crippen MR) is 103 cm³/mol. The SMILES string of the molecule is C[C@@H]1CN(C(=O)[C@H]2CCCN(Cc3nc4ccccc4n3C)C2)CCN1. The van der Waals surface area contributed by atoms with Gasteiger partial charge in [-0.2, -0.15) is 0 Å². The highest BCUT2D eigenvalue weighted by atomic mass is 16.2. The topological polar surface area (TPSA) is 53.4 Å². The van der Waals surface area contributed by atoms with Crippen molar-refractivity contribution >= 4 is 16.9 Å². The first-order valence-electron chi connectivity index (χ1n) is 9.76. The lowest BCUT2D eigenvalue weighted by molar-refractivity contribution is -0.138. The van der Waals surface area contributed by atoms with Crippen LogP contribution < -0.4 is 5.32 Å². The third-order valence-corrected chi connectivity index (χ3v) is 5.78. The number of nitrogens with zero attached hydrogens (tertiary/aromatic N) is 4. The highest BCUT2D eigenvalue weighted by molar-refractivity contribution is 5.79. The molecule has 2 aliphatic rings. The van der Waals surface area contributed by atoms with Crippen molar-refractivity contribution in [3.05, 3.63) is 30.1 Å². The third kappa shape index (κ3) is 3.48. The zero-order valence-electron chi connectivity index (χ0n) is 15.8. The second-order valence-corrected chi connectivity index (χ2v) is 7.79. The molecule has 140 valence electrons. The standard InChI is InChI=1S/C20H29N5O/c1-15-12-25(11-9-21-15)20(26)16-6-5-10-24(13-16)14-19-22-17-7-3-4-8-18(17)23(19)2/h3-4,7-8,15-16,21H,5-6,9-14H2,1-2H3/t15-,16+/m1/s1. The van der Waals surface area contributed by atoms with E-state index in [0.29, 0.717) is 11.9 Å². The van der Waals surface area contributed by atoms with E-state index in [0.717, 1.165) is 63.5 Å². The second-order valence-electron chi connectivity index (χ2n) is 7.79. The molecule has 1 aromatic carbocycles. The minimum Gasteiger partial charge on any atom is -0.340 e. The molecule has 0 aliphatic carbocycles. The van der Waals surface area contributed by atoms with Crippen molar-refractivity contribution in [3.63, 3.8) is 0 Å². The van der Waals surface area contributed by atoms with E-state index in [1.165, 1.54) is 5.52 Å². The molecule has 0 saturated carbocycles. The van der Waals surface area contributed by atoms with Crippen LogP contribution in [0.3, 0.4) is 0 Å². The highest BCUT2D eigenvalue weighted by Crippen LogP contribution is 2.22. The van der Waals surface area contributed by atoms with E-state index in [1.807, 2.05) is 6.07 Å². The van der Waals surface area contributed by atoms with E-state index in [4.69, 9.17) is 4.98 Å². The van der Waals surface area contributed by atoms with Crippen molar-refractivity contribution in [1.82, 2.24) is 24.7 Å². The van der Waals surface area contributed by atoms with Gasteiger partial charge in [-0.05, 0) is 38.4 Å². The summed E-state index contributed by atoms with van der Waals surface area (Å²) in [6.07, 6.45) is 2.10. The number of imidazole rings is 1. The first-order chi connectivity index (χ1) is 12.6. The van der Waals surface area contributed by atoms with E-state index in [2.05, 4.69) is 51.9 Å². The van der Waals surface area contributed by atoms with Crippen LogP contribution in [-0.2, 0) is 18.4 Å². The first-order valence-corrected chi connectivity index (χ1v) is 9.76. The number of piperidine rings is 1. The Labute approximate surface area is 155 Å². The molecule has 1 N–H and O–H groups in total. The molecule has 0 radical (unpaired) electrons. The number of likely N-dealkylation sites (tertiary alicyclic amines) is 1. The van der Waals surface area contributed by atoms with Gasteiger partial charge in [0.05, 0.1) is 23.5 Å². The van der Waals surface area contributed by atoms with Crippen LogP contribution in [0.1, 0.15) is 25.6 Å². The van der Waals surface area contributed by atoms with Crippen LogP contribution in [0.5, 0.6) is 0 Å². The van der Waals surface area contributed by atoms with E-state index in [1.54, 1.807) is 0 Å². The van der Waals surface area contributed by atoms with Crippen molar-refractivity contribution in [1.29, 1.82) is 0 Å².